The van der Waals surface area contributed by atoms with Crippen molar-refractivity contribution in [2.75, 3.05) is 6.54 Å². The van der Waals surface area contributed by atoms with E-state index in [0.29, 0.717) is 18.5 Å². The molecule has 1 aromatic rings. The molecule has 1 N–H and O–H groups in total. The first-order valence-electron chi connectivity index (χ1n) is 5.27. The second kappa shape index (κ2) is 4.33. The molecule has 0 amide bonds. The van der Waals surface area contributed by atoms with Crippen LogP contribution in [0.4, 0.5) is 0 Å². The van der Waals surface area contributed by atoms with E-state index in [0.717, 1.165) is 11.3 Å². The lowest BCUT2D eigenvalue weighted by Gasteiger charge is -2.15. The maximum atomic E-state index is 9.69. The fraction of sp³-hybridized carbons (Fsp3) is 0.333. The van der Waals surface area contributed by atoms with E-state index in [4.69, 9.17) is 5.26 Å². The van der Waals surface area contributed by atoms with Crippen LogP contribution < -0.4 is 0 Å². The quantitative estimate of drug-likeness (QED) is 0.809. The summed E-state index contributed by atoms with van der Waals surface area (Å²) < 4.78 is 0. The summed E-state index contributed by atoms with van der Waals surface area (Å²) >= 11 is 0. The van der Waals surface area contributed by atoms with Crippen molar-refractivity contribution >= 4 is 5.71 Å². The van der Waals surface area contributed by atoms with E-state index in [1.165, 1.54) is 0 Å². The lowest BCUT2D eigenvalue weighted by Crippen LogP contribution is -2.25. The van der Waals surface area contributed by atoms with Gasteiger partial charge in [0.1, 0.15) is 6.23 Å². The molecular weight excluding hydrogens is 202 g/mol. The Morgan fingerprint density at radius 3 is 3.06 bits per heavy atom. The lowest BCUT2D eigenvalue weighted by atomic mass is 10.1. The Morgan fingerprint density at radius 2 is 2.44 bits per heavy atom. The Bertz CT molecular complexity index is 462. The van der Waals surface area contributed by atoms with Gasteiger partial charge in [0.25, 0.3) is 0 Å². The first-order chi connectivity index (χ1) is 7.74. The normalized spacial score (nSPS) is 19.4. The number of nitrogens with zero attached hydrogens (tertiary/aromatic N) is 3. The van der Waals surface area contributed by atoms with E-state index in [9.17, 15) is 5.11 Å². The Kier molecular flexibility index (Phi) is 2.88. The second-order valence-electron chi connectivity index (χ2n) is 3.68. The Balaban J connectivity index is 2.29. The molecule has 0 spiro atoms. The minimum atomic E-state index is -0.536. The van der Waals surface area contributed by atoms with Crippen LogP contribution in [0.2, 0.25) is 0 Å². The monoisotopic (exact) mass is 215 g/mol. The van der Waals surface area contributed by atoms with Crippen molar-refractivity contribution in [3.63, 3.8) is 0 Å². The largest absolute Gasteiger partial charge is 0.372 e. The highest BCUT2D eigenvalue weighted by atomic mass is 16.3. The molecule has 1 heterocycles. The maximum absolute atomic E-state index is 9.69. The van der Waals surface area contributed by atoms with Crippen molar-refractivity contribution in [2.24, 2.45) is 5.10 Å². The molecule has 2 rings (SSSR count). The van der Waals surface area contributed by atoms with Gasteiger partial charge in [-0.2, -0.15) is 10.4 Å². The highest BCUT2D eigenvalue weighted by molar-refractivity contribution is 6.01. The number of benzene rings is 1. The molecule has 1 aromatic carbocycles. The van der Waals surface area contributed by atoms with Crippen molar-refractivity contribution < 1.29 is 5.11 Å². The highest BCUT2D eigenvalue weighted by Crippen LogP contribution is 2.18. The summed E-state index contributed by atoms with van der Waals surface area (Å²) in [7, 11) is 0. The summed E-state index contributed by atoms with van der Waals surface area (Å²) in [6.07, 6.45) is -0.0198. The van der Waals surface area contributed by atoms with Crippen molar-refractivity contribution in [1.29, 1.82) is 5.26 Å². The fourth-order valence-corrected chi connectivity index (χ4v) is 1.77. The molecule has 4 heteroatoms. The molecule has 0 radical (unpaired) electrons. The predicted molar refractivity (Wildman–Crippen MR) is 60.7 cm³/mol. The third-order valence-corrected chi connectivity index (χ3v) is 2.62. The molecule has 1 unspecified atom stereocenters. The van der Waals surface area contributed by atoms with Crippen molar-refractivity contribution in [3.8, 4) is 6.07 Å². The van der Waals surface area contributed by atoms with Gasteiger partial charge in [-0.15, -0.1) is 0 Å². The summed E-state index contributed by atoms with van der Waals surface area (Å²) in [4.78, 5) is 0. The van der Waals surface area contributed by atoms with Gasteiger partial charge in [-0.25, -0.2) is 0 Å². The van der Waals surface area contributed by atoms with Crippen LogP contribution in [0, 0.1) is 11.3 Å². The molecule has 1 aliphatic rings. The van der Waals surface area contributed by atoms with Crippen LogP contribution in [0.15, 0.2) is 29.4 Å². The van der Waals surface area contributed by atoms with Gasteiger partial charge in [-0.05, 0) is 24.6 Å². The van der Waals surface area contributed by atoms with Gasteiger partial charge in [-0.1, -0.05) is 12.1 Å². The topological polar surface area (TPSA) is 59.6 Å². The van der Waals surface area contributed by atoms with Crippen LogP contribution in [-0.4, -0.2) is 28.6 Å². The van der Waals surface area contributed by atoms with Gasteiger partial charge in [0.05, 0.1) is 17.3 Å². The van der Waals surface area contributed by atoms with E-state index in [2.05, 4.69) is 11.2 Å². The summed E-state index contributed by atoms with van der Waals surface area (Å²) in [5.74, 6) is 0. The number of rotatable bonds is 2. The first kappa shape index (κ1) is 10.7. The molecule has 0 saturated carbocycles. The van der Waals surface area contributed by atoms with Crippen molar-refractivity contribution in [1.82, 2.24) is 5.01 Å². The van der Waals surface area contributed by atoms with E-state index in [1.807, 2.05) is 19.1 Å². The smallest absolute Gasteiger partial charge is 0.148 e. The number of aliphatic hydroxyl groups excluding tert-OH is 1. The SMILES string of the molecule is CCN1N=C(c2cccc(C#N)c2)CC1O. The molecule has 0 saturated heterocycles. The standard InChI is InChI=1S/C12H13N3O/c1-2-15-12(16)7-11(14-15)10-5-3-4-9(6-10)8-13/h3-6,12,16H,2,7H2,1H3. The van der Waals surface area contributed by atoms with Crippen LogP contribution in [-0.2, 0) is 0 Å². The number of hydrogen-bond donors (Lipinski definition) is 1. The van der Waals surface area contributed by atoms with Gasteiger partial charge < -0.3 is 5.11 Å². The molecule has 1 atom stereocenters. The van der Waals surface area contributed by atoms with E-state index in [-0.39, 0.29) is 0 Å². The van der Waals surface area contributed by atoms with Gasteiger partial charge in [0.15, 0.2) is 0 Å². The third-order valence-electron chi connectivity index (χ3n) is 2.62. The zero-order chi connectivity index (χ0) is 11.5. The van der Waals surface area contributed by atoms with Crippen LogP contribution in [0.1, 0.15) is 24.5 Å². The third kappa shape index (κ3) is 1.90. The molecule has 16 heavy (non-hydrogen) atoms. The van der Waals surface area contributed by atoms with Crippen molar-refractivity contribution in [2.45, 2.75) is 19.6 Å². The van der Waals surface area contributed by atoms with E-state index < -0.39 is 6.23 Å². The van der Waals surface area contributed by atoms with Gasteiger partial charge in [0, 0.05) is 13.0 Å². The van der Waals surface area contributed by atoms with Crippen LogP contribution in [0.25, 0.3) is 0 Å². The molecule has 0 aliphatic carbocycles. The average molecular weight is 215 g/mol. The Hall–Kier alpha value is -1.86. The second-order valence-corrected chi connectivity index (χ2v) is 3.68. The summed E-state index contributed by atoms with van der Waals surface area (Å²) in [6, 6.07) is 9.39. The van der Waals surface area contributed by atoms with Gasteiger partial charge in [-0.3, -0.25) is 5.01 Å². The number of hydrazone groups is 1. The summed E-state index contributed by atoms with van der Waals surface area (Å²) in [5.41, 5.74) is 2.37. The Labute approximate surface area is 94.4 Å². The molecule has 82 valence electrons. The number of aliphatic hydroxyl groups is 1. The molecule has 0 fully saturated rings. The minimum Gasteiger partial charge on any atom is -0.372 e. The lowest BCUT2D eigenvalue weighted by molar-refractivity contribution is 0.0295. The Morgan fingerprint density at radius 1 is 1.62 bits per heavy atom. The number of hydrogen-bond acceptors (Lipinski definition) is 4. The average Bonchev–Trinajstić information content (AvgIpc) is 2.71. The zero-order valence-electron chi connectivity index (χ0n) is 9.09. The molecule has 4 nitrogen and oxygen atoms in total. The number of nitriles is 1. The minimum absolute atomic E-state index is 0.517. The molecule has 0 aromatic heterocycles. The summed E-state index contributed by atoms with van der Waals surface area (Å²) in [6.45, 7) is 2.63. The van der Waals surface area contributed by atoms with Crippen molar-refractivity contribution in [3.05, 3.63) is 35.4 Å². The van der Waals surface area contributed by atoms with Gasteiger partial charge in [0.2, 0.25) is 0 Å². The highest BCUT2D eigenvalue weighted by Gasteiger charge is 2.23. The van der Waals surface area contributed by atoms with Crippen LogP contribution in [0.3, 0.4) is 0 Å². The molecule has 0 bridgehead atoms. The first-order valence-corrected chi connectivity index (χ1v) is 5.27. The molecule has 1 aliphatic heterocycles. The molecular formula is C12H13N3O. The predicted octanol–water partition coefficient (Wildman–Crippen LogP) is 1.31. The van der Waals surface area contributed by atoms with Gasteiger partial charge >= 0.3 is 0 Å². The summed E-state index contributed by atoms with van der Waals surface area (Å²) in [5, 5.41) is 24.5. The zero-order valence-corrected chi connectivity index (χ0v) is 9.09. The van der Waals surface area contributed by atoms with E-state index >= 15 is 0 Å². The van der Waals surface area contributed by atoms with E-state index in [1.54, 1.807) is 17.1 Å². The van der Waals surface area contributed by atoms with Crippen LogP contribution in [0.5, 0.6) is 0 Å². The fourth-order valence-electron chi connectivity index (χ4n) is 1.77. The van der Waals surface area contributed by atoms with Crippen LogP contribution >= 0.6 is 0 Å². The maximum Gasteiger partial charge on any atom is 0.148 e.